The van der Waals surface area contributed by atoms with Gasteiger partial charge in [-0.1, -0.05) is 54.6 Å². The zero-order valence-electron chi connectivity index (χ0n) is 14.9. The van der Waals surface area contributed by atoms with Crippen LogP contribution in [-0.4, -0.2) is 9.91 Å². The first-order valence-corrected chi connectivity index (χ1v) is 9.55. The molecular weight excluding hydrogens is 368 g/mol. The maximum atomic E-state index is 10.7. The summed E-state index contributed by atoms with van der Waals surface area (Å²) in [7, 11) is 0. The predicted molar refractivity (Wildman–Crippen MR) is 117 cm³/mol. The van der Waals surface area contributed by atoms with Crippen molar-refractivity contribution in [3.8, 4) is 0 Å². The molecule has 1 aromatic heterocycles. The van der Waals surface area contributed by atoms with Gasteiger partial charge in [-0.15, -0.1) is 11.3 Å². The van der Waals surface area contributed by atoms with Crippen molar-refractivity contribution < 1.29 is 4.92 Å². The second kappa shape index (κ2) is 7.98. The molecule has 0 fully saturated rings. The fourth-order valence-electron chi connectivity index (χ4n) is 2.75. The number of benzene rings is 3. The Balaban J connectivity index is 1.43. The Morgan fingerprint density at radius 2 is 1.29 bits per heavy atom. The van der Waals surface area contributed by atoms with E-state index in [0.717, 1.165) is 27.2 Å². The third-order valence-electron chi connectivity index (χ3n) is 4.24. The standard InChI is InChI=1S/C23H16N2O2S/c26-25(27)20-14-11-19(12-15-20)10-7-17-5-8-18(9-6-17)13-16-23-24-21-3-1-2-4-22(21)28-23/h1-16H. The van der Waals surface area contributed by atoms with Crippen LogP contribution in [0.15, 0.2) is 72.8 Å². The quantitative estimate of drug-likeness (QED) is 0.223. The van der Waals surface area contributed by atoms with E-state index in [0.29, 0.717) is 0 Å². The second-order valence-electron chi connectivity index (χ2n) is 6.20. The molecule has 3 aromatic carbocycles. The van der Waals surface area contributed by atoms with E-state index >= 15 is 0 Å². The molecule has 0 N–H and O–H groups in total. The van der Waals surface area contributed by atoms with Gasteiger partial charge >= 0.3 is 0 Å². The predicted octanol–water partition coefficient (Wildman–Crippen LogP) is 6.55. The fraction of sp³-hybridized carbons (Fsp3) is 0. The number of nitrogens with zero attached hydrogens (tertiary/aromatic N) is 2. The van der Waals surface area contributed by atoms with Gasteiger partial charge < -0.3 is 0 Å². The Morgan fingerprint density at radius 3 is 1.86 bits per heavy atom. The summed E-state index contributed by atoms with van der Waals surface area (Å²) >= 11 is 1.68. The lowest BCUT2D eigenvalue weighted by Gasteiger charge is -1.97. The number of aromatic nitrogens is 1. The van der Waals surface area contributed by atoms with Crippen LogP contribution in [0.4, 0.5) is 5.69 Å². The molecule has 0 aliphatic heterocycles. The van der Waals surface area contributed by atoms with Gasteiger partial charge in [0.25, 0.3) is 5.69 Å². The fourth-order valence-corrected chi connectivity index (χ4v) is 3.62. The molecule has 4 nitrogen and oxygen atoms in total. The maximum Gasteiger partial charge on any atom is 0.269 e. The summed E-state index contributed by atoms with van der Waals surface area (Å²) in [6.45, 7) is 0. The summed E-state index contributed by atoms with van der Waals surface area (Å²) < 4.78 is 1.19. The largest absolute Gasteiger partial charge is 0.269 e. The van der Waals surface area contributed by atoms with Crippen molar-refractivity contribution in [2.24, 2.45) is 0 Å². The van der Waals surface area contributed by atoms with E-state index in [1.165, 1.54) is 16.8 Å². The average molecular weight is 384 g/mol. The first-order chi connectivity index (χ1) is 13.7. The van der Waals surface area contributed by atoms with E-state index in [2.05, 4.69) is 29.3 Å². The molecule has 0 radical (unpaired) electrons. The van der Waals surface area contributed by atoms with Crippen molar-refractivity contribution >= 4 is 51.5 Å². The summed E-state index contributed by atoms with van der Waals surface area (Å²) in [5.74, 6) is 0. The van der Waals surface area contributed by atoms with Crippen LogP contribution >= 0.6 is 11.3 Å². The zero-order chi connectivity index (χ0) is 19.3. The summed E-state index contributed by atoms with van der Waals surface area (Å²) in [5, 5.41) is 11.7. The first kappa shape index (κ1) is 17.8. The molecular formula is C23H16N2O2S. The van der Waals surface area contributed by atoms with Gasteiger partial charge in [0, 0.05) is 12.1 Å². The molecule has 0 unspecified atom stereocenters. The minimum atomic E-state index is -0.395. The van der Waals surface area contributed by atoms with Gasteiger partial charge in [0.2, 0.25) is 0 Å². The van der Waals surface area contributed by atoms with Crippen molar-refractivity contribution in [1.29, 1.82) is 0 Å². The van der Waals surface area contributed by atoms with Crippen molar-refractivity contribution in [3.63, 3.8) is 0 Å². The highest BCUT2D eigenvalue weighted by Crippen LogP contribution is 2.23. The highest BCUT2D eigenvalue weighted by Gasteiger charge is 2.02. The number of para-hydroxylation sites is 1. The van der Waals surface area contributed by atoms with Gasteiger partial charge in [0.1, 0.15) is 5.01 Å². The Hall–Kier alpha value is -3.57. The van der Waals surface area contributed by atoms with Crippen LogP contribution in [-0.2, 0) is 0 Å². The molecule has 0 amide bonds. The van der Waals surface area contributed by atoms with E-state index < -0.39 is 4.92 Å². The van der Waals surface area contributed by atoms with Crippen LogP contribution < -0.4 is 0 Å². The van der Waals surface area contributed by atoms with Gasteiger partial charge in [0.05, 0.1) is 15.1 Å². The molecule has 0 bridgehead atoms. The van der Waals surface area contributed by atoms with Crippen LogP contribution in [0.1, 0.15) is 21.7 Å². The van der Waals surface area contributed by atoms with Gasteiger partial charge in [-0.25, -0.2) is 4.98 Å². The minimum Gasteiger partial charge on any atom is -0.258 e. The maximum absolute atomic E-state index is 10.7. The minimum absolute atomic E-state index is 0.0985. The molecule has 4 aromatic rings. The molecule has 0 atom stereocenters. The topological polar surface area (TPSA) is 56.0 Å². The number of hydrogen-bond donors (Lipinski definition) is 0. The van der Waals surface area contributed by atoms with Gasteiger partial charge in [-0.2, -0.15) is 0 Å². The van der Waals surface area contributed by atoms with Crippen LogP contribution in [0, 0.1) is 10.1 Å². The number of fused-ring (bicyclic) bond motifs is 1. The number of non-ortho nitro benzene ring substituents is 1. The van der Waals surface area contributed by atoms with Gasteiger partial charge in [-0.05, 0) is 47.0 Å². The SMILES string of the molecule is O=[N+]([O-])c1ccc(C=Cc2ccc(C=Cc3nc4ccccc4s3)cc2)cc1. The molecule has 0 spiro atoms. The summed E-state index contributed by atoms with van der Waals surface area (Å²) in [5.41, 5.74) is 4.22. The van der Waals surface area contributed by atoms with E-state index in [1.54, 1.807) is 23.5 Å². The lowest BCUT2D eigenvalue weighted by molar-refractivity contribution is -0.384. The van der Waals surface area contributed by atoms with Crippen LogP contribution in [0.25, 0.3) is 34.5 Å². The van der Waals surface area contributed by atoms with E-state index in [4.69, 9.17) is 0 Å². The number of hydrogen-bond acceptors (Lipinski definition) is 4. The first-order valence-electron chi connectivity index (χ1n) is 8.74. The Kier molecular flexibility index (Phi) is 5.08. The van der Waals surface area contributed by atoms with E-state index in [9.17, 15) is 10.1 Å². The molecule has 0 aliphatic carbocycles. The van der Waals surface area contributed by atoms with Crippen LogP contribution in [0.5, 0.6) is 0 Å². The highest BCUT2D eigenvalue weighted by molar-refractivity contribution is 7.19. The molecule has 4 rings (SSSR count). The molecule has 5 heteroatoms. The average Bonchev–Trinajstić information content (AvgIpc) is 3.15. The molecule has 0 saturated heterocycles. The molecule has 28 heavy (non-hydrogen) atoms. The van der Waals surface area contributed by atoms with Crippen molar-refractivity contribution in [2.75, 3.05) is 0 Å². The number of nitro groups is 1. The normalized spacial score (nSPS) is 11.6. The number of nitro benzene ring substituents is 1. The summed E-state index contributed by atoms with van der Waals surface area (Å²) in [4.78, 5) is 14.9. The van der Waals surface area contributed by atoms with Crippen molar-refractivity contribution in [3.05, 3.63) is 105 Å². The van der Waals surface area contributed by atoms with Gasteiger partial charge in [0.15, 0.2) is 0 Å². The molecule has 1 heterocycles. The number of rotatable bonds is 5. The van der Waals surface area contributed by atoms with E-state index in [1.807, 2.05) is 48.6 Å². The molecule has 0 saturated carbocycles. The second-order valence-corrected chi connectivity index (χ2v) is 7.26. The molecule has 0 aliphatic rings. The summed E-state index contributed by atoms with van der Waals surface area (Å²) in [6, 6.07) is 22.8. The van der Waals surface area contributed by atoms with Crippen molar-refractivity contribution in [1.82, 2.24) is 4.98 Å². The summed E-state index contributed by atoms with van der Waals surface area (Å²) in [6.07, 6.45) is 8.02. The number of thiazole rings is 1. The highest BCUT2D eigenvalue weighted by atomic mass is 32.1. The van der Waals surface area contributed by atoms with Gasteiger partial charge in [-0.3, -0.25) is 10.1 Å². The molecule has 136 valence electrons. The lowest BCUT2D eigenvalue weighted by Crippen LogP contribution is -1.86. The third-order valence-corrected chi connectivity index (χ3v) is 5.24. The Morgan fingerprint density at radius 1 is 0.750 bits per heavy atom. The van der Waals surface area contributed by atoms with Crippen LogP contribution in [0.3, 0.4) is 0 Å². The van der Waals surface area contributed by atoms with Crippen LogP contribution in [0.2, 0.25) is 0 Å². The third kappa shape index (κ3) is 4.22. The smallest absolute Gasteiger partial charge is 0.258 e. The zero-order valence-corrected chi connectivity index (χ0v) is 15.7. The van der Waals surface area contributed by atoms with Crippen molar-refractivity contribution in [2.45, 2.75) is 0 Å². The van der Waals surface area contributed by atoms with E-state index in [-0.39, 0.29) is 5.69 Å². The monoisotopic (exact) mass is 384 g/mol. The Labute approximate surface area is 166 Å². The Bertz CT molecular complexity index is 1140. The lowest BCUT2D eigenvalue weighted by atomic mass is 10.1.